The summed E-state index contributed by atoms with van der Waals surface area (Å²) >= 11 is 0. The number of urea groups is 1. The molecule has 1 saturated heterocycles. The third-order valence-corrected chi connectivity index (χ3v) is 12.5. The van der Waals surface area contributed by atoms with Crippen molar-refractivity contribution in [1.29, 1.82) is 0 Å². The monoisotopic (exact) mass is 541 g/mol. The summed E-state index contributed by atoms with van der Waals surface area (Å²) in [4.78, 5) is 28.8. The molecule has 39 heavy (non-hydrogen) atoms. The lowest BCUT2D eigenvalue weighted by atomic mass is 9.43. The van der Waals surface area contributed by atoms with E-state index in [4.69, 9.17) is 4.42 Å². The van der Waals surface area contributed by atoms with Crippen molar-refractivity contribution < 1.29 is 19.4 Å². The number of nitrogens with zero attached hydrogens (tertiary/aromatic N) is 2. The maximum atomic E-state index is 13.4. The number of hydrogen-bond donors (Lipinski definition) is 3. The molecule has 1 aliphatic heterocycles. The maximum Gasteiger partial charge on any atom is 0.335 e. The van der Waals surface area contributed by atoms with Gasteiger partial charge in [-0.1, -0.05) is 13.8 Å². The first kappa shape index (κ1) is 27.3. The van der Waals surface area contributed by atoms with Crippen molar-refractivity contribution in [3.05, 3.63) is 34.4 Å². The molecule has 4 aliphatic carbocycles. The van der Waals surface area contributed by atoms with Crippen molar-refractivity contribution in [1.82, 2.24) is 15.1 Å². The highest BCUT2D eigenvalue weighted by Gasteiger charge is 2.67. The van der Waals surface area contributed by atoms with E-state index in [9.17, 15) is 19.8 Å². The van der Waals surface area contributed by atoms with E-state index in [0.29, 0.717) is 30.8 Å². The molecule has 5 aliphatic rings. The van der Waals surface area contributed by atoms with Gasteiger partial charge in [0, 0.05) is 50.2 Å². The topological polar surface area (TPSA) is 106 Å². The van der Waals surface area contributed by atoms with E-state index in [-0.39, 0.29) is 47.1 Å². The quantitative estimate of drug-likeness (QED) is 0.540. The van der Waals surface area contributed by atoms with Crippen LogP contribution < -0.4 is 10.9 Å². The molecule has 8 heteroatoms. The number of rotatable bonds is 3. The molecule has 9 atom stereocenters. The van der Waals surface area contributed by atoms with Crippen LogP contribution in [0.1, 0.15) is 83.1 Å². The minimum Gasteiger partial charge on any atom is -0.431 e. The maximum absolute atomic E-state index is 13.4. The van der Waals surface area contributed by atoms with Gasteiger partial charge >= 0.3 is 11.7 Å². The van der Waals surface area contributed by atoms with Gasteiger partial charge in [-0.05, 0) is 98.5 Å². The minimum absolute atomic E-state index is 0.0422. The number of piperazine rings is 1. The molecule has 6 rings (SSSR count). The molecule has 0 aromatic carbocycles. The second kappa shape index (κ2) is 9.88. The first-order valence-corrected chi connectivity index (χ1v) is 15.3. The van der Waals surface area contributed by atoms with Crippen LogP contribution in [0.4, 0.5) is 4.79 Å². The van der Waals surface area contributed by atoms with E-state index in [1.807, 2.05) is 22.9 Å². The average Bonchev–Trinajstić information content (AvgIpc) is 3.23. The van der Waals surface area contributed by atoms with Crippen LogP contribution in [0, 0.1) is 28.6 Å². The molecule has 2 heterocycles. The van der Waals surface area contributed by atoms with Crippen molar-refractivity contribution in [2.75, 3.05) is 33.3 Å². The van der Waals surface area contributed by atoms with Crippen LogP contribution >= 0.6 is 0 Å². The number of aliphatic hydroxyl groups excluding tert-OH is 1. The summed E-state index contributed by atoms with van der Waals surface area (Å²) < 4.78 is 5.23. The van der Waals surface area contributed by atoms with Gasteiger partial charge in [0.05, 0.1) is 18.5 Å². The van der Waals surface area contributed by atoms with Gasteiger partial charge in [0.2, 0.25) is 0 Å². The molecule has 1 aromatic heterocycles. The Bertz CT molecular complexity index is 1120. The zero-order valence-corrected chi connectivity index (χ0v) is 23.9. The normalized spacial score (nSPS) is 43.8. The molecule has 0 radical (unpaired) electrons. The van der Waals surface area contributed by atoms with E-state index >= 15 is 0 Å². The first-order chi connectivity index (χ1) is 18.6. The fourth-order valence-corrected chi connectivity index (χ4v) is 10.2. The molecule has 4 saturated carbocycles. The summed E-state index contributed by atoms with van der Waals surface area (Å²) in [5.74, 6) is 1.58. The molecule has 1 aromatic rings. The summed E-state index contributed by atoms with van der Waals surface area (Å²) in [6.45, 7) is 6.79. The SMILES string of the molecule is CN(C(=O)N1CCNC(CO)C1)[C@H]1CC[C@@]2(C)[C@H](CC[C@@H]3[C@@H]2CC[C@]2(C)[C@@H](c4ccc(=O)oc4)CC[C@]32O)C1. The Hall–Kier alpha value is -1.90. The standard InChI is InChI=1S/C31H47N3O5/c1-29-11-8-23(33(3)28(37)34-15-14-32-22(17-34)18-35)16-21(29)5-6-26-25(29)9-12-30(2)24(10-13-31(26,30)38)20-4-7-27(36)39-19-20/h4,7,19,21-26,32,35,38H,5-6,8-18H2,1-3H3/t21-,22?,23+,24-,25+,26-,29+,30-,31+/m1/s1. The van der Waals surface area contributed by atoms with E-state index in [1.54, 1.807) is 6.26 Å². The second-order valence-corrected chi connectivity index (χ2v) is 14.0. The van der Waals surface area contributed by atoms with Gasteiger partial charge < -0.3 is 29.7 Å². The van der Waals surface area contributed by atoms with Crippen molar-refractivity contribution >= 4 is 6.03 Å². The molecule has 2 amide bonds. The van der Waals surface area contributed by atoms with Crippen LogP contribution in [0.25, 0.3) is 0 Å². The predicted molar refractivity (Wildman–Crippen MR) is 148 cm³/mol. The first-order valence-electron chi connectivity index (χ1n) is 15.3. The summed E-state index contributed by atoms with van der Waals surface area (Å²) in [6.07, 6.45) is 10.8. The number of fused-ring (bicyclic) bond motifs is 5. The van der Waals surface area contributed by atoms with Crippen LogP contribution in [-0.2, 0) is 0 Å². The molecule has 0 spiro atoms. The van der Waals surface area contributed by atoms with Crippen LogP contribution in [0.3, 0.4) is 0 Å². The van der Waals surface area contributed by atoms with Gasteiger partial charge in [-0.3, -0.25) is 0 Å². The van der Waals surface area contributed by atoms with Crippen LogP contribution in [0.2, 0.25) is 0 Å². The zero-order valence-electron chi connectivity index (χ0n) is 23.9. The predicted octanol–water partition coefficient (Wildman–Crippen LogP) is 3.57. The Labute approximate surface area is 232 Å². The van der Waals surface area contributed by atoms with E-state index < -0.39 is 5.60 Å². The molecule has 3 N–H and O–H groups in total. The Morgan fingerprint density at radius 1 is 1.13 bits per heavy atom. The molecule has 0 bridgehead atoms. The second-order valence-electron chi connectivity index (χ2n) is 14.0. The van der Waals surface area contributed by atoms with Crippen LogP contribution in [0.5, 0.6) is 0 Å². The third-order valence-electron chi connectivity index (χ3n) is 12.5. The number of hydrogen-bond acceptors (Lipinski definition) is 6. The number of amides is 2. The minimum atomic E-state index is -0.695. The molecule has 8 nitrogen and oxygen atoms in total. The number of nitrogens with one attached hydrogen (secondary N) is 1. The molecule has 216 valence electrons. The van der Waals surface area contributed by atoms with Crippen LogP contribution in [-0.4, -0.2) is 77.0 Å². The fraction of sp³-hybridized carbons (Fsp3) is 0.806. The molecule has 5 fully saturated rings. The van der Waals surface area contributed by atoms with E-state index in [0.717, 1.165) is 69.9 Å². The summed E-state index contributed by atoms with van der Waals surface area (Å²) in [7, 11) is 1.97. The lowest BCUT2D eigenvalue weighted by Crippen LogP contribution is -2.63. The van der Waals surface area contributed by atoms with E-state index in [2.05, 4.69) is 19.2 Å². The van der Waals surface area contributed by atoms with Crippen molar-refractivity contribution in [2.45, 2.75) is 95.2 Å². The van der Waals surface area contributed by atoms with Gasteiger partial charge in [0.15, 0.2) is 0 Å². The summed E-state index contributed by atoms with van der Waals surface area (Å²) in [5.41, 5.74) is 0.0119. The largest absolute Gasteiger partial charge is 0.431 e. The number of aliphatic hydroxyl groups is 2. The molecular weight excluding hydrogens is 494 g/mol. The number of carbonyl (C=O) groups is 1. The smallest absolute Gasteiger partial charge is 0.335 e. The lowest BCUT2D eigenvalue weighted by Gasteiger charge is -2.64. The Balaban J connectivity index is 1.16. The Morgan fingerprint density at radius 3 is 2.69 bits per heavy atom. The van der Waals surface area contributed by atoms with Gasteiger partial charge in [-0.25, -0.2) is 9.59 Å². The van der Waals surface area contributed by atoms with Gasteiger partial charge in [-0.2, -0.15) is 0 Å². The Morgan fingerprint density at radius 2 is 1.95 bits per heavy atom. The molecule has 1 unspecified atom stereocenters. The highest BCUT2D eigenvalue weighted by atomic mass is 16.4. The van der Waals surface area contributed by atoms with Gasteiger partial charge in [0.25, 0.3) is 0 Å². The van der Waals surface area contributed by atoms with Crippen molar-refractivity contribution in [2.24, 2.45) is 28.6 Å². The van der Waals surface area contributed by atoms with Crippen LogP contribution in [0.15, 0.2) is 27.6 Å². The van der Waals surface area contributed by atoms with Gasteiger partial charge in [0.1, 0.15) is 0 Å². The summed E-state index contributed by atoms with van der Waals surface area (Å²) in [5, 5.41) is 25.3. The fourth-order valence-electron chi connectivity index (χ4n) is 10.2. The van der Waals surface area contributed by atoms with Crippen molar-refractivity contribution in [3.63, 3.8) is 0 Å². The average molecular weight is 542 g/mol. The lowest BCUT2D eigenvalue weighted by molar-refractivity contribution is -0.203. The number of carbonyl (C=O) groups excluding carboxylic acids is 1. The highest BCUT2D eigenvalue weighted by molar-refractivity contribution is 5.74. The third kappa shape index (κ3) is 4.19. The zero-order chi connectivity index (χ0) is 27.6. The Kier molecular flexibility index (Phi) is 6.91. The highest BCUT2D eigenvalue weighted by Crippen LogP contribution is 2.70. The molecular formula is C31H47N3O5. The van der Waals surface area contributed by atoms with Gasteiger partial charge in [-0.15, -0.1) is 0 Å². The van der Waals surface area contributed by atoms with E-state index in [1.165, 1.54) is 6.07 Å². The van der Waals surface area contributed by atoms with Crippen molar-refractivity contribution in [3.8, 4) is 0 Å². The summed E-state index contributed by atoms with van der Waals surface area (Å²) in [6, 6.07) is 3.71.